The van der Waals surface area contributed by atoms with Gasteiger partial charge in [-0.15, -0.1) is 0 Å². The lowest BCUT2D eigenvalue weighted by molar-refractivity contribution is -0.0402. The Kier molecular flexibility index (Phi) is 4.88. The average molecular weight is 350 g/mol. The highest BCUT2D eigenvalue weighted by Gasteiger charge is 2.19. The molecule has 134 valence electrons. The third-order valence-corrected chi connectivity index (χ3v) is 4.43. The lowest BCUT2D eigenvalue weighted by Crippen LogP contribution is -2.14. The zero-order valence-electron chi connectivity index (χ0n) is 14.8. The molecule has 1 aliphatic rings. The van der Waals surface area contributed by atoms with Crippen molar-refractivity contribution in [2.24, 2.45) is 0 Å². The fourth-order valence-electron chi connectivity index (χ4n) is 3.08. The van der Waals surface area contributed by atoms with Crippen molar-refractivity contribution in [3.63, 3.8) is 0 Å². The minimum atomic E-state index is -0.199. The molecule has 1 fully saturated rings. The first kappa shape index (κ1) is 16.7. The van der Waals surface area contributed by atoms with Gasteiger partial charge >= 0.3 is 0 Å². The second-order valence-corrected chi connectivity index (χ2v) is 6.31. The van der Waals surface area contributed by atoms with Crippen molar-refractivity contribution in [1.29, 1.82) is 0 Å². The van der Waals surface area contributed by atoms with Crippen LogP contribution in [0.5, 0.6) is 11.5 Å². The van der Waals surface area contributed by atoms with E-state index < -0.39 is 0 Å². The lowest BCUT2D eigenvalue weighted by atomic mass is 10.1. The van der Waals surface area contributed by atoms with Crippen molar-refractivity contribution in [3.8, 4) is 22.8 Å². The molecular weight excluding hydrogens is 328 g/mol. The van der Waals surface area contributed by atoms with Crippen molar-refractivity contribution >= 4 is 0 Å². The molecule has 1 atom stereocenters. The Balaban J connectivity index is 1.55. The predicted molar refractivity (Wildman–Crippen MR) is 99.4 cm³/mol. The van der Waals surface area contributed by atoms with Crippen molar-refractivity contribution in [2.45, 2.75) is 25.7 Å². The molecule has 5 nitrogen and oxygen atoms in total. The summed E-state index contributed by atoms with van der Waals surface area (Å²) in [5, 5.41) is 4.69. The van der Waals surface area contributed by atoms with Gasteiger partial charge in [-0.2, -0.15) is 5.10 Å². The molecule has 0 spiro atoms. The number of aromatic nitrogens is 2. The van der Waals surface area contributed by atoms with Gasteiger partial charge in [0.15, 0.2) is 17.8 Å². The molecule has 2 aromatic carbocycles. The minimum Gasteiger partial charge on any atom is -0.493 e. The molecule has 0 amide bonds. The van der Waals surface area contributed by atoms with Crippen molar-refractivity contribution in [1.82, 2.24) is 9.78 Å². The van der Waals surface area contributed by atoms with Gasteiger partial charge in [-0.25, -0.2) is 0 Å². The maximum absolute atomic E-state index is 5.98. The van der Waals surface area contributed by atoms with Crippen LogP contribution in [-0.4, -0.2) is 29.8 Å². The Labute approximate surface area is 153 Å². The highest BCUT2D eigenvalue weighted by molar-refractivity contribution is 5.63. The second kappa shape index (κ2) is 7.62. The SMILES string of the molecule is COc1ccc(-c2ccn(Cc3ccccc3)n2)cc1OC1CCCO1. The molecule has 0 bridgehead atoms. The van der Waals surface area contributed by atoms with E-state index in [-0.39, 0.29) is 6.29 Å². The van der Waals surface area contributed by atoms with E-state index in [9.17, 15) is 0 Å². The molecule has 0 aliphatic carbocycles. The Morgan fingerprint density at radius 2 is 2.00 bits per heavy atom. The predicted octanol–water partition coefficient (Wildman–Crippen LogP) is 4.12. The zero-order valence-corrected chi connectivity index (χ0v) is 14.8. The highest BCUT2D eigenvalue weighted by Crippen LogP contribution is 2.34. The fraction of sp³-hybridized carbons (Fsp3) is 0.286. The molecule has 0 N–H and O–H groups in total. The summed E-state index contributed by atoms with van der Waals surface area (Å²) in [7, 11) is 1.64. The molecule has 4 rings (SSSR count). The van der Waals surface area contributed by atoms with E-state index in [0.29, 0.717) is 11.5 Å². The van der Waals surface area contributed by atoms with E-state index in [2.05, 4.69) is 12.1 Å². The first-order chi connectivity index (χ1) is 12.8. The Bertz CT molecular complexity index is 855. The summed E-state index contributed by atoms with van der Waals surface area (Å²) in [6.07, 6.45) is 3.72. The van der Waals surface area contributed by atoms with Crippen LogP contribution in [0.4, 0.5) is 0 Å². The molecule has 0 saturated carbocycles. The lowest BCUT2D eigenvalue weighted by Gasteiger charge is -2.16. The molecule has 1 saturated heterocycles. The summed E-state index contributed by atoms with van der Waals surface area (Å²) < 4.78 is 18.9. The second-order valence-electron chi connectivity index (χ2n) is 6.31. The third kappa shape index (κ3) is 3.73. The standard InChI is InChI=1S/C21H22N2O3/c1-24-19-10-9-17(14-20(19)26-21-8-5-13-25-21)18-11-12-23(22-18)15-16-6-3-2-4-7-16/h2-4,6-7,9-12,14,21H,5,8,13,15H2,1H3. The Morgan fingerprint density at radius 3 is 2.77 bits per heavy atom. The van der Waals surface area contributed by atoms with E-state index in [1.807, 2.05) is 53.3 Å². The summed E-state index contributed by atoms with van der Waals surface area (Å²) in [6, 6.07) is 18.2. The summed E-state index contributed by atoms with van der Waals surface area (Å²) >= 11 is 0. The smallest absolute Gasteiger partial charge is 0.200 e. The van der Waals surface area contributed by atoms with Crippen LogP contribution in [0.1, 0.15) is 18.4 Å². The van der Waals surface area contributed by atoms with Crippen molar-refractivity contribution < 1.29 is 14.2 Å². The third-order valence-electron chi connectivity index (χ3n) is 4.43. The maximum atomic E-state index is 5.98. The Morgan fingerprint density at radius 1 is 1.12 bits per heavy atom. The molecular formula is C21H22N2O3. The summed E-state index contributed by atoms with van der Waals surface area (Å²) in [5.74, 6) is 1.39. The van der Waals surface area contributed by atoms with Crippen LogP contribution >= 0.6 is 0 Å². The number of rotatable bonds is 6. The quantitative estimate of drug-likeness (QED) is 0.671. The number of hydrogen-bond donors (Lipinski definition) is 0. The highest BCUT2D eigenvalue weighted by atomic mass is 16.7. The van der Waals surface area contributed by atoms with Gasteiger partial charge in [0.25, 0.3) is 0 Å². The van der Waals surface area contributed by atoms with Crippen LogP contribution in [0.25, 0.3) is 11.3 Å². The number of hydrogen-bond acceptors (Lipinski definition) is 4. The molecule has 1 aromatic heterocycles. The van der Waals surface area contributed by atoms with E-state index in [1.165, 1.54) is 5.56 Å². The fourth-order valence-corrected chi connectivity index (χ4v) is 3.08. The minimum absolute atomic E-state index is 0.199. The first-order valence-electron chi connectivity index (χ1n) is 8.86. The largest absolute Gasteiger partial charge is 0.493 e. The molecule has 1 unspecified atom stereocenters. The van der Waals surface area contributed by atoms with Gasteiger partial charge in [0.1, 0.15) is 0 Å². The molecule has 2 heterocycles. The molecule has 1 aliphatic heterocycles. The molecule has 3 aromatic rings. The van der Waals surface area contributed by atoms with Gasteiger partial charge in [0.05, 0.1) is 26.0 Å². The maximum Gasteiger partial charge on any atom is 0.200 e. The van der Waals surface area contributed by atoms with Crippen LogP contribution in [-0.2, 0) is 11.3 Å². The van der Waals surface area contributed by atoms with Gasteiger partial charge in [0, 0.05) is 18.2 Å². The number of methoxy groups -OCH3 is 1. The average Bonchev–Trinajstić information content (AvgIpc) is 3.35. The van der Waals surface area contributed by atoms with Crippen molar-refractivity contribution in [2.75, 3.05) is 13.7 Å². The topological polar surface area (TPSA) is 45.5 Å². The van der Waals surface area contributed by atoms with Gasteiger partial charge < -0.3 is 14.2 Å². The van der Waals surface area contributed by atoms with Crippen LogP contribution in [0, 0.1) is 0 Å². The number of ether oxygens (including phenoxy) is 3. The van der Waals surface area contributed by atoms with Gasteiger partial charge in [0.2, 0.25) is 0 Å². The number of benzene rings is 2. The van der Waals surface area contributed by atoms with E-state index >= 15 is 0 Å². The summed E-state index contributed by atoms with van der Waals surface area (Å²) in [6.45, 7) is 1.49. The monoisotopic (exact) mass is 350 g/mol. The van der Waals surface area contributed by atoms with Crippen LogP contribution in [0.2, 0.25) is 0 Å². The van der Waals surface area contributed by atoms with Crippen molar-refractivity contribution in [3.05, 3.63) is 66.4 Å². The van der Waals surface area contributed by atoms with Crippen LogP contribution < -0.4 is 9.47 Å². The zero-order chi connectivity index (χ0) is 17.8. The molecule has 26 heavy (non-hydrogen) atoms. The number of nitrogens with zero attached hydrogens (tertiary/aromatic N) is 2. The normalized spacial score (nSPS) is 16.6. The van der Waals surface area contributed by atoms with Gasteiger partial charge in [-0.1, -0.05) is 30.3 Å². The van der Waals surface area contributed by atoms with Gasteiger partial charge in [-0.05, 0) is 36.2 Å². The van der Waals surface area contributed by atoms with E-state index in [0.717, 1.165) is 37.3 Å². The molecule has 0 radical (unpaired) electrons. The molecule has 5 heteroatoms. The summed E-state index contributed by atoms with van der Waals surface area (Å²) in [5.41, 5.74) is 3.12. The van der Waals surface area contributed by atoms with Crippen LogP contribution in [0.15, 0.2) is 60.8 Å². The Hall–Kier alpha value is -2.79. The van der Waals surface area contributed by atoms with E-state index in [1.54, 1.807) is 7.11 Å². The van der Waals surface area contributed by atoms with Gasteiger partial charge in [-0.3, -0.25) is 4.68 Å². The first-order valence-corrected chi connectivity index (χ1v) is 8.86. The summed E-state index contributed by atoms with van der Waals surface area (Å²) in [4.78, 5) is 0. The van der Waals surface area contributed by atoms with E-state index in [4.69, 9.17) is 19.3 Å². The van der Waals surface area contributed by atoms with Crippen LogP contribution in [0.3, 0.4) is 0 Å².